The maximum atomic E-state index is 12.2. The molecular formula is C20H22N4O4. The predicted octanol–water partition coefficient (Wildman–Crippen LogP) is 1.40. The number of anilines is 1. The zero-order valence-corrected chi connectivity index (χ0v) is 15.8. The first-order valence-electron chi connectivity index (χ1n) is 8.80. The lowest BCUT2D eigenvalue weighted by Gasteiger charge is -2.18. The zero-order chi connectivity index (χ0) is 19.9. The van der Waals surface area contributed by atoms with Gasteiger partial charge in [0.1, 0.15) is 13.2 Å². The molecule has 8 nitrogen and oxygen atoms in total. The average Bonchev–Trinajstić information content (AvgIpc) is 2.72. The van der Waals surface area contributed by atoms with Crippen LogP contribution in [0.3, 0.4) is 0 Å². The standard InChI is InChI=1S/C20H22N4O4/c1-24(2)16-6-3-14(4-7-16)12-22-23-19(25)13-21-20(26)15-5-8-17-18(11-15)28-10-9-27-17/h3-8,11-12H,9-10,13H2,1-2H3,(H,21,26)(H,23,25)/b22-12-. The fraction of sp³-hybridized carbons (Fsp3) is 0.250. The van der Waals surface area contributed by atoms with E-state index in [9.17, 15) is 9.59 Å². The number of amides is 2. The van der Waals surface area contributed by atoms with Gasteiger partial charge in [-0.25, -0.2) is 5.43 Å². The Morgan fingerprint density at radius 3 is 2.50 bits per heavy atom. The molecule has 0 saturated carbocycles. The molecule has 0 unspecified atom stereocenters. The second-order valence-corrected chi connectivity index (χ2v) is 6.32. The van der Waals surface area contributed by atoms with Crippen molar-refractivity contribution in [3.05, 3.63) is 53.6 Å². The molecule has 8 heteroatoms. The number of hydrogen-bond acceptors (Lipinski definition) is 6. The van der Waals surface area contributed by atoms with Crippen molar-refractivity contribution in [1.82, 2.24) is 10.7 Å². The number of nitrogens with zero attached hydrogens (tertiary/aromatic N) is 2. The van der Waals surface area contributed by atoms with Crippen molar-refractivity contribution >= 4 is 23.7 Å². The van der Waals surface area contributed by atoms with Crippen molar-refractivity contribution in [2.24, 2.45) is 5.10 Å². The van der Waals surface area contributed by atoms with Crippen LogP contribution in [-0.2, 0) is 4.79 Å². The van der Waals surface area contributed by atoms with Gasteiger partial charge in [-0.15, -0.1) is 0 Å². The van der Waals surface area contributed by atoms with Crippen LogP contribution < -0.4 is 25.1 Å². The maximum Gasteiger partial charge on any atom is 0.259 e. The molecule has 28 heavy (non-hydrogen) atoms. The summed E-state index contributed by atoms with van der Waals surface area (Å²) < 4.78 is 10.9. The second kappa shape index (κ2) is 8.90. The molecule has 2 N–H and O–H groups in total. The van der Waals surface area contributed by atoms with Gasteiger partial charge < -0.3 is 19.7 Å². The van der Waals surface area contributed by atoms with Gasteiger partial charge >= 0.3 is 0 Å². The molecule has 3 rings (SSSR count). The quantitative estimate of drug-likeness (QED) is 0.582. The molecule has 0 aromatic heterocycles. The molecule has 0 bridgehead atoms. The van der Waals surface area contributed by atoms with Gasteiger partial charge in [-0.1, -0.05) is 12.1 Å². The number of ether oxygens (including phenoxy) is 2. The second-order valence-electron chi connectivity index (χ2n) is 6.32. The Labute approximate surface area is 163 Å². The fourth-order valence-electron chi connectivity index (χ4n) is 2.52. The number of nitrogens with one attached hydrogen (secondary N) is 2. The number of hydrazone groups is 1. The Kier molecular flexibility index (Phi) is 6.11. The molecule has 2 aromatic rings. The van der Waals surface area contributed by atoms with Crippen LogP contribution in [0.15, 0.2) is 47.6 Å². The molecule has 1 aliphatic heterocycles. The Hall–Kier alpha value is -3.55. The third-order valence-corrected chi connectivity index (χ3v) is 4.03. The van der Waals surface area contributed by atoms with E-state index in [1.54, 1.807) is 24.4 Å². The fourth-order valence-corrected chi connectivity index (χ4v) is 2.52. The van der Waals surface area contributed by atoms with Crippen LogP contribution >= 0.6 is 0 Å². The van der Waals surface area contributed by atoms with Crippen molar-refractivity contribution in [1.29, 1.82) is 0 Å². The molecule has 2 amide bonds. The Bertz CT molecular complexity index is 878. The summed E-state index contributed by atoms with van der Waals surface area (Å²) in [6.45, 7) is 0.736. The minimum absolute atomic E-state index is 0.190. The van der Waals surface area contributed by atoms with Gasteiger partial charge in [-0.2, -0.15) is 5.10 Å². The largest absolute Gasteiger partial charge is 0.486 e. The lowest BCUT2D eigenvalue weighted by Crippen LogP contribution is -2.35. The van der Waals surface area contributed by atoms with Crippen molar-refractivity contribution in [3.8, 4) is 11.5 Å². The number of rotatable bonds is 6. The molecule has 0 spiro atoms. The molecule has 146 valence electrons. The van der Waals surface area contributed by atoms with E-state index in [4.69, 9.17) is 9.47 Å². The molecule has 0 atom stereocenters. The molecule has 0 radical (unpaired) electrons. The number of fused-ring (bicyclic) bond motifs is 1. The van der Waals surface area contributed by atoms with E-state index in [0.29, 0.717) is 30.3 Å². The van der Waals surface area contributed by atoms with Crippen LogP contribution in [0.25, 0.3) is 0 Å². The van der Waals surface area contributed by atoms with E-state index in [1.165, 1.54) is 0 Å². The van der Waals surface area contributed by atoms with Crippen molar-refractivity contribution in [3.63, 3.8) is 0 Å². The zero-order valence-electron chi connectivity index (χ0n) is 15.8. The number of carbonyl (C=O) groups is 2. The summed E-state index contributed by atoms with van der Waals surface area (Å²) in [5, 5.41) is 6.45. The van der Waals surface area contributed by atoms with E-state index in [2.05, 4.69) is 15.8 Å². The van der Waals surface area contributed by atoms with Gasteiger partial charge in [0.05, 0.1) is 12.8 Å². The van der Waals surface area contributed by atoms with Gasteiger partial charge in [-0.05, 0) is 35.9 Å². The highest BCUT2D eigenvalue weighted by molar-refractivity contribution is 5.97. The van der Waals surface area contributed by atoms with Crippen LogP contribution in [0.4, 0.5) is 5.69 Å². The van der Waals surface area contributed by atoms with Gasteiger partial charge in [0.25, 0.3) is 11.8 Å². The van der Waals surface area contributed by atoms with Crippen LogP contribution in [-0.4, -0.2) is 51.9 Å². The Morgan fingerprint density at radius 2 is 1.79 bits per heavy atom. The average molecular weight is 382 g/mol. The first-order valence-corrected chi connectivity index (χ1v) is 8.80. The van der Waals surface area contributed by atoms with Crippen LogP contribution in [0.1, 0.15) is 15.9 Å². The lowest BCUT2D eigenvalue weighted by molar-refractivity contribution is -0.120. The van der Waals surface area contributed by atoms with E-state index in [0.717, 1.165) is 11.3 Å². The van der Waals surface area contributed by atoms with E-state index in [-0.39, 0.29) is 12.5 Å². The summed E-state index contributed by atoms with van der Waals surface area (Å²) in [4.78, 5) is 26.0. The Morgan fingerprint density at radius 1 is 1.07 bits per heavy atom. The van der Waals surface area contributed by atoms with Crippen molar-refractivity contribution < 1.29 is 19.1 Å². The molecule has 2 aromatic carbocycles. The summed E-state index contributed by atoms with van der Waals surface area (Å²) in [6, 6.07) is 12.6. The summed E-state index contributed by atoms with van der Waals surface area (Å²) in [5.74, 6) is 0.323. The first kappa shape index (κ1) is 19.2. The monoisotopic (exact) mass is 382 g/mol. The van der Waals surface area contributed by atoms with Crippen molar-refractivity contribution in [2.45, 2.75) is 0 Å². The summed E-state index contributed by atoms with van der Waals surface area (Å²) in [7, 11) is 3.92. The molecule has 0 saturated heterocycles. The normalized spacial score (nSPS) is 12.5. The number of benzene rings is 2. The summed E-state index contributed by atoms with van der Waals surface area (Å²) >= 11 is 0. The lowest BCUT2D eigenvalue weighted by atomic mass is 10.2. The molecule has 0 aliphatic carbocycles. The number of hydrogen-bond donors (Lipinski definition) is 2. The van der Waals surface area contributed by atoms with Crippen LogP contribution in [0.5, 0.6) is 11.5 Å². The Balaban J connectivity index is 1.46. The minimum Gasteiger partial charge on any atom is -0.486 e. The molecular weight excluding hydrogens is 360 g/mol. The first-order chi connectivity index (χ1) is 13.5. The number of carbonyl (C=O) groups excluding carboxylic acids is 2. The maximum absolute atomic E-state index is 12.2. The van der Waals surface area contributed by atoms with E-state index in [1.807, 2.05) is 43.3 Å². The van der Waals surface area contributed by atoms with Crippen molar-refractivity contribution in [2.75, 3.05) is 38.8 Å². The third-order valence-electron chi connectivity index (χ3n) is 4.03. The van der Waals surface area contributed by atoms with Gasteiger partial charge in [0, 0.05) is 25.3 Å². The van der Waals surface area contributed by atoms with E-state index < -0.39 is 5.91 Å². The molecule has 0 fully saturated rings. The molecule has 1 heterocycles. The highest BCUT2D eigenvalue weighted by Gasteiger charge is 2.15. The van der Waals surface area contributed by atoms with Gasteiger partial charge in [0.15, 0.2) is 11.5 Å². The third kappa shape index (κ3) is 5.00. The van der Waals surface area contributed by atoms with E-state index >= 15 is 0 Å². The smallest absolute Gasteiger partial charge is 0.259 e. The highest BCUT2D eigenvalue weighted by atomic mass is 16.6. The van der Waals surface area contributed by atoms with Gasteiger partial charge in [-0.3, -0.25) is 9.59 Å². The predicted molar refractivity (Wildman–Crippen MR) is 106 cm³/mol. The minimum atomic E-state index is -0.424. The SMILES string of the molecule is CN(C)c1ccc(/C=N\NC(=O)CNC(=O)c2ccc3c(c2)OCCO3)cc1. The summed E-state index contributed by atoms with van der Waals surface area (Å²) in [6.07, 6.45) is 1.54. The summed E-state index contributed by atoms with van der Waals surface area (Å²) in [5.41, 5.74) is 4.70. The topological polar surface area (TPSA) is 92.3 Å². The van der Waals surface area contributed by atoms with Crippen LogP contribution in [0, 0.1) is 0 Å². The van der Waals surface area contributed by atoms with Gasteiger partial charge in [0.2, 0.25) is 0 Å². The van der Waals surface area contributed by atoms with Crippen LogP contribution in [0.2, 0.25) is 0 Å². The molecule has 1 aliphatic rings. The highest BCUT2D eigenvalue weighted by Crippen LogP contribution is 2.30.